The molecule has 4 heterocycles. The van der Waals surface area contributed by atoms with E-state index in [2.05, 4.69) is 30.1 Å². The number of rotatable bonds is 2. The quantitative estimate of drug-likeness (QED) is 0.505. The molecule has 10 nitrogen and oxygen atoms in total. The lowest BCUT2D eigenvalue weighted by molar-refractivity contribution is 0.812. The SMILES string of the molecule is Cc1ncn(-c2ncc(N)cc2Cl)n1.Cc1ncnn1-c1ncc(N)cc1Cl. The number of anilines is 2. The molecular formula is C16H16Cl2N10. The predicted octanol–water partition coefficient (Wildman–Crippen LogP) is 2.41. The summed E-state index contributed by atoms with van der Waals surface area (Å²) >= 11 is 11.9. The zero-order chi connectivity index (χ0) is 20.3. The van der Waals surface area contributed by atoms with Crippen LogP contribution in [0.15, 0.2) is 37.2 Å². The summed E-state index contributed by atoms with van der Waals surface area (Å²) in [6, 6.07) is 3.26. The molecule has 0 spiro atoms. The number of pyridine rings is 2. The summed E-state index contributed by atoms with van der Waals surface area (Å²) in [5, 5.41) is 8.99. The Kier molecular flexibility index (Phi) is 5.71. The molecule has 4 rings (SSSR count). The molecule has 0 unspecified atom stereocenters. The summed E-state index contributed by atoms with van der Waals surface area (Å²) in [5.74, 6) is 2.46. The Bertz CT molecular complexity index is 1100. The number of hydrogen-bond acceptors (Lipinski definition) is 8. The topological polar surface area (TPSA) is 139 Å². The molecule has 0 amide bonds. The van der Waals surface area contributed by atoms with Crippen molar-refractivity contribution in [2.45, 2.75) is 13.8 Å². The highest BCUT2D eigenvalue weighted by Crippen LogP contribution is 2.20. The minimum Gasteiger partial charge on any atom is -0.397 e. The van der Waals surface area contributed by atoms with Gasteiger partial charge in [0.05, 0.1) is 33.8 Å². The third-order valence-corrected chi connectivity index (χ3v) is 3.98. The fourth-order valence-electron chi connectivity index (χ4n) is 2.17. The van der Waals surface area contributed by atoms with Crippen molar-refractivity contribution >= 4 is 34.6 Å². The van der Waals surface area contributed by atoms with Crippen LogP contribution in [0.2, 0.25) is 10.0 Å². The van der Waals surface area contributed by atoms with Crippen molar-refractivity contribution in [3.05, 3.63) is 58.9 Å². The van der Waals surface area contributed by atoms with E-state index in [0.29, 0.717) is 38.9 Å². The van der Waals surface area contributed by atoms with Crippen LogP contribution in [-0.2, 0) is 0 Å². The average molecular weight is 419 g/mol. The zero-order valence-corrected chi connectivity index (χ0v) is 16.5. The van der Waals surface area contributed by atoms with Gasteiger partial charge in [-0.25, -0.2) is 24.6 Å². The number of hydrogen-bond donors (Lipinski definition) is 2. The first kappa shape index (κ1) is 19.5. The number of nitrogens with zero attached hydrogens (tertiary/aromatic N) is 8. The minimum atomic E-state index is 0.454. The van der Waals surface area contributed by atoms with Gasteiger partial charge in [-0.15, -0.1) is 0 Å². The second-order valence-electron chi connectivity index (χ2n) is 5.60. The maximum absolute atomic E-state index is 5.96. The third-order valence-electron chi connectivity index (χ3n) is 3.43. The maximum Gasteiger partial charge on any atom is 0.174 e. The van der Waals surface area contributed by atoms with Crippen LogP contribution in [0.5, 0.6) is 0 Å². The summed E-state index contributed by atoms with van der Waals surface area (Å²) in [4.78, 5) is 16.1. The normalized spacial score (nSPS) is 10.4. The van der Waals surface area contributed by atoms with E-state index in [0.717, 1.165) is 5.82 Å². The molecule has 4 aromatic rings. The van der Waals surface area contributed by atoms with Gasteiger partial charge in [0.1, 0.15) is 24.3 Å². The number of aryl methyl sites for hydroxylation is 2. The van der Waals surface area contributed by atoms with Crippen molar-refractivity contribution < 1.29 is 0 Å². The second-order valence-corrected chi connectivity index (χ2v) is 6.42. The summed E-state index contributed by atoms with van der Waals surface area (Å²) in [6.45, 7) is 3.61. The number of halogens is 2. The highest BCUT2D eigenvalue weighted by atomic mass is 35.5. The zero-order valence-electron chi connectivity index (χ0n) is 15.0. The standard InChI is InChI=1S/2C8H8ClN5/c1-5-12-4-14(13-5)8-7(9)2-6(10)3-11-8;1-5-12-4-13-14(5)8-7(9)2-6(10)3-11-8/h2*2-4H,10H2,1H3. The first-order valence-corrected chi connectivity index (χ1v) is 8.68. The van der Waals surface area contributed by atoms with E-state index in [1.54, 1.807) is 30.1 Å². The van der Waals surface area contributed by atoms with Crippen molar-refractivity contribution in [2.24, 2.45) is 0 Å². The molecule has 0 saturated carbocycles. The van der Waals surface area contributed by atoms with E-state index in [4.69, 9.17) is 34.7 Å². The van der Waals surface area contributed by atoms with Crippen LogP contribution in [0.4, 0.5) is 11.4 Å². The van der Waals surface area contributed by atoms with Gasteiger partial charge >= 0.3 is 0 Å². The van der Waals surface area contributed by atoms with Gasteiger partial charge in [0.25, 0.3) is 0 Å². The molecule has 0 aliphatic heterocycles. The lowest BCUT2D eigenvalue weighted by Crippen LogP contribution is -2.03. The lowest BCUT2D eigenvalue weighted by atomic mass is 10.4. The Morgan fingerprint density at radius 1 is 0.857 bits per heavy atom. The molecule has 0 saturated heterocycles. The second kappa shape index (κ2) is 8.19. The number of nitrogen functional groups attached to an aromatic ring is 2. The van der Waals surface area contributed by atoms with Crippen LogP contribution in [0.3, 0.4) is 0 Å². The van der Waals surface area contributed by atoms with Crippen LogP contribution >= 0.6 is 23.2 Å². The molecule has 0 aromatic carbocycles. The molecule has 0 radical (unpaired) electrons. The molecule has 0 fully saturated rings. The van der Waals surface area contributed by atoms with Gasteiger partial charge < -0.3 is 11.5 Å². The molecule has 28 heavy (non-hydrogen) atoms. The Morgan fingerprint density at radius 2 is 1.46 bits per heavy atom. The first-order chi connectivity index (χ1) is 13.3. The lowest BCUT2D eigenvalue weighted by Gasteiger charge is -2.04. The van der Waals surface area contributed by atoms with Crippen molar-refractivity contribution in [1.82, 2.24) is 39.5 Å². The highest BCUT2D eigenvalue weighted by Gasteiger charge is 2.08. The van der Waals surface area contributed by atoms with Gasteiger partial charge in [0.2, 0.25) is 0 Å². The summed E-state index contributed by atoms with van der Waals surface area (Å²) in [5.41, 5.74) is 12.1. The van der Waals surface area contributed by atoms with Crippen molar-refractivity contribution in [3.8, 4) is 11.6 Å². The van der Waals surface area contributed by atoms with Gasteiger partial charge in [-0.3, -0.25) is 0 Å². The van der Waals surface area contributed by atoms with E-state index in [-0.39, 0.29) is 0 Å². The summed E-state index contributed by atoms with van der Waals surface area (Å²) < 4.78 is 3.07. The number of nitrogens with two attached hydrogens (primary N) is 2. The summed E-state index contributed by atoms with van der Waals surface area (Å²) in [7, 11) is 0. The predicted molar refractivity (Wildman–Crippen MR) is 107 cm³/mol. The van der Waals surface area contributed by atoms with Crippen LogP contribution < -0.4 is 11.5 Å². The Hall–Kier alpha value is -3.24. The van der Waals surface area contributed by atoms with Crippen molar-refractivity contribution in [2.75, 3.05) is 11.5 Å². The van der Waals surface area contributed by atoms with E-state index in [1.165, 1.54) is 23.4 Å². The van der Waals surface area contributed by atoms with Crippen LogP contribution in [0, 0.1) is 13.8 Å². The minimum absolute atomic E-state index is 0.454. The van der Waals surface area contributed by atoms with Crippen molar-refractivity contribution in [3.63, 3.8) is 0 Å². The smallest absolute Gasteiger partial charge is 0.174 e. The van der Waals surface area contributed by atoms with Gasteiger partial charge in [0, 0.05) is 0 Å². The van der Waals surface area contributed by atoms with Gasteiger partial charge in [-0.2, -0.15) is 14.9 Å². The Morgan fingerprint density at radius 3 is 1.93 bits per heavy atom. The first-order valence-electron chi connectivity index (χ1n) is 7.93. The molecule has 0 aliphatic carbocycles. The maximum atomic E-state index is 5.96. The molecular weight excluding hydrogens is 403 g/mol. The van der Waals surface area contributed by atoms with E-state index in [1.807, 2.05) is 6.92 Å². The van der Waals surface area contributed by atoms with Crippen LogP contribution in [-0.4, -0.2) is 39.5 Å². The molecule has 144 valence electrons. The molecule has 0 bridgehead atoms. The molecule has 0 atom stereocenters. The fraction of sp³-hybridized carbons (Fsp3) is 0.125. The van der Waals surface area contributed by atoms with Crippen molar-refractivity contribution in [1.29, 1.82) is 0 Å². The van der Waals surface area contributed by atoms with Crippen LogP contribution in [0.25, 0.3) is 11.6 Å². The summed E-state index contributed by atoms with van der Waals surface area (Å²) in [6.07, 6.45) is 6.06. The highest BCUT2D eigenvalue weighted by molar-refractivity contribution is 6.32. The monoisotopic (exact) mass is 418 g/mol. The largest absolute Gasteiger partial charge is 0.397 e. The van der Waals surface area contributed by atoms with Crippen LogP contribution in [0.1, 0.15) is 11.6 Å². The fourth-order valence-corrected chi connectivity index (χ4v) is 2.69. The van der Waals surface area contributed by atoms with Gasteiger partial charge in [-0.1, -0.05) is 23.2 Å². The Labute approximate surface area is 170 Å². The van der Waals surface area contributed by atoms with E-state index in [9.17, 15) is 0 Å². The van der Waals surface area contributed by atoms with E-state index < -0.39 is 0 Å². The molecule has 4 N–H and O–H groups in total. The average Bonchev–Trinajstić information content (AvgIpc) is 3.24. The number of aromatic nitrogens is 8. The Balaban J connectivity index is 0.000000161. The molecule has 0 aliphatic rings. The third kappa shape index (κ3) is 4.35. The van der Waals surface area contributed by atoms with Gasteiger partial charge in [0.15, 0.2) is 11.6 Å². The molecule has 12 heteroatoms. The van der Waals surface area contributed by atoms with E-state index >= 15 is 0 Å². The van der Waals surface area contributed by atoms with Gasteiger partial charge in [-0.05, 0) is 26.0 Å². The molecule has 4 aromatic heterocycles.